The van der Waals surface area contributed by atoms with Gasteiger partial charge in [0, 0.05) is 11.5 Å². The number of fused-ring (bicyclic) bond motifs is 1. The minimum Gasteiger partial charge on any atom is -0.382 e. The number of nitrogens with one attached hydrogen (secondary N) is 1. The number of nitriles is 1. The van der Waals surface area contributed by atoms with E-state index in [1.165, 1.54) is 16.9 Å². The molecule has 0 spiro atoms. The van der Waals surface area contributed by atoms with E-state index in [0.29, 0.717) is 11.2 Å². The number of H-pyrrole nitrogens is 1. The van der Waals surface area contributed by atoms with E-state index >= 15 is 0 Å². The number of aromatic nitrogens is 3. The van der Waals surface area contributed by atoms with Crippen LogP contribution in [0.3, 0.4) is 0 Å². The average Bonchev–Trinajstić information content (AvgIpc) is 2.79. The molecule has 3 rings (SSSR count). The topological polar surface area (TPSA) is 100 Å². The number of pyridine rings is 1. The summed E-state index contributed by atoms with van der Waals surface area (Å²) in [5.41, 5.74) is 8.24. The molecule has 3 N–H and O–H groups in total. The third-order valence-electron chi connectivity index (χ3n) is 3.13. The Morgan fingerprint density at radius 1 is 1.40 bits per heavy atom. The largest absolute Gasteiger partial charge is 0.382 e. The molecule has 0 aliphatic rings. The van der Waals surface area contributed by atoms with Gasteiger partial charge < -0.3 is 10.7 Å². The first kappa shape index (κ1) is 12.0. The molecule has 0 atom stereocenters. The lowest BCUT2D eigenvalue weighted by atomic mass is 10.1. The van der Waals surface area contributed by atoms with Crippen molar-refractivity contribution in [3.63, 3.8) is 0 Å². The quantitative estimate of drug-likeness (QED) is 0.695. The molecule has 0 aliphatic heterocycles. The molecule has 0 fully saturated rings. The number of nitrogen functional groups attached to an aromatic ring is 1. The molecule has 0 unspecified atom stereocenters. The van der Waals surface area contributed by atoms with Gasteiger partial charge in [0.1, 0.15) is 17.5 Å². The zero-order valence-corrected chi connectivity index (χ0v) is 10.7. The SMILES string of the molecule is Cc1ccc2[nH]c(=O)cc(-n3ncc(C#N)c3N)c2c1. The highest BCUT2D eigenvalue weighted by molar-refractivity contribution is 5.88. The standard InChI is InChI=1S/C14H11N5O/c1-8-2-3-11-10(4-8)12(5-13(20)18-11)19-14(16)9(6-15)7-17-19/h2-5,7H,16H2,1H3,(H,18,20). The average molecular weight is 265 g/mol. The third kappa shape index (κ3) is 1.73. The van der Waals surface area contributed by atoms with Gasteiger partial charge in [-0.05, 0) is 19.1 Å². The van der Waals surface area contributed by atoms with Crippen molar-refractivity contribution in [1.82, 2.24) is 14.8 Å². The lowest BCUT2D eigenvalue weighted by molar-refractivity contribution is 0.894. The van der Waals surface area contributed by atoms with Gasteiger partial charge in [-0.2, -0.15) is 10.4 Å². The normalized spacial score (nSPS) is 10.6. The number of benzene rings is 1. The molecule has 0 radical (unpaired) electrons. The van der Waals surface area contributed by atoms with E-state index in [4.69, 9.17) is 11.0 Å². The summed E-state index contributed by atoms with van der Waals surface area (Å²) in [6.07, 6.45) is 1.39. The molecule has 2 heterocycles. The van der Waals surface area contributed by atoms with Crippen LogP contribution in [0.2, 0.25) is 0 Å². The van der Waals surface area contributed by atoms with Crippen molar-refractivity contribution >= 4 is 16.7 Å². The number of hydrogen-bond acceptors (Lipinski definition) is 4. The Morgan fingerprint density at radius 3 is 2.90 bits per heavy atom. The van der Waals surface area contributed by atoms with E-state index in [9.17, 15) is 4.79 Å². The summed E-state index contributed by atoms with van der Waals surface area (Å²) >= 11 is 0. The summed E-state index contributed by atoms with van der Waals surface area (Å²) in [6.45, 7) is 1.96. The fraction of sp³-hybridized carbons (Fsp3) is 0.0714. The fourth-order valence-corrected chi connectivity index (χ4v) is 2.16. The first-order valence-corrected chi connectivity index (χ1v) is 5.98. The van der Waals surface area contributed by atoms with Crippen LogP contribution in [0.4, 0.5) is 5.82 Å². The van der Waals surface area contributed by atoms with Crippen LogP contribution in [-0.4, -0.2) is 14.8 Å². The highest BCUT2D eigenvalue weighted by Crippen LogP contribution is 2.23. The van der Waals surface area contributed by atoms with E-state index in [1.807, 2.05) is 31.2 Å². The Kier molecular flexibility index (Phi) is 2.54. The van der Waals surface area contributed by atoms with Crippen molar-refractivity contribution in [2.45, 2.75) is 6.92 Å². The number of nitrogens with two attached hydrogens (primary N) is 1. The van der Waals surface area contributed by atoms with Gasteiger partial charge in [-0.15, -0.1) is 0 Å². The van der Waals surface area contributed by atoms with Crippen molar-refractivity contribution in [3.8, 4) is 11.8 Å². The summed E-state index contributed by atoms with van der Waals surface area (Å²) in [4.78, 5) is 14.5. The predicted octanol–water partition coefficient (Wildman–Crippen LogP) is 1.48. The smallest absolute Gasteiger partial charge is 0.250 e. The Morgan fingerprint density at radius 2 is 2.20 bits per heavy atom. The fourth-order valence-electron chi connectivity index (χ4n) is 2.16. The van der Waals surface area contributed by atoms with Gasteiger partial charge in [-0.1, -0.05) is 11.6 Å². The first-order valence-electron chi connectivity index (χ1n) is 5.98. The Hall–Kier alpha value is -3.07. The summed E-state index contributed by atoms with van der Waals surface area (Å²) in [6, 6.07) is 9.07. The van der Waals surface area contributed by atoms with Crippen molar-refractivity contribution in [3.05, 3.63) is 51.9 Å². The molecule has 20 heavy (non-hydrogen) atoms. The monoisotopic (exact) mass is 265 g/mol. The molecule has 0 saturated carbocycles. The molecule has 0 saturated heterocycles. The molecule has 0 bridgehead atoms. The van der Waals surface area contributed by atoms with Crippen molar-refractivity contribution in [2.24, 2.45) is 0 Å². The zero-order valence-electron chi connectivity index (χ0n) is 10.7. The van der Waals surface area contributed by atoms with Gasteiger partial charge in [0.25, 0.3) is 5.56 Å². The van der Waals surface area contributed by atoms with Crippen LogP contribution in [0.5, 0.6) is 0 Å². The molecule has 3 aromatic rings. The second-order valence-corrected chi connectivity index (χ2v) is 4.53. The van der Waals surface area contributed by atoms with E-state index in [1.54, 1.807) is 0 Å². The molecule has 6 nitrogen and oxygen atoms in total. The van der Waals surface area contributed by atoms with E-state index in [2.05, 4.69) is 10.1 Å². The van der Waals surface area contributed by atoms with Gasteiger partial charge >= 0.3 is 0 Å². The van der Waals surface area contributed by atoms with Crippen LogP contribution in [0, 0.1) is 18.3 Å². The van der Waals surface area contributed by atoms with Crippen molar-refractivity contribution in [2.75, 3.05) is 5.73 Å². The Labute approximate surface area is 114 Å². The Balaban J connectivity index is 2.41. The molecule has 1 aromatic carbocycles. The maximum Gasteiger partial charge on any atom is 0.250 e. The van der Waals surface area contributed by atoms with Crippen molar-refractivity contribution in [1.29, 1.82) is 5.26 Å². The summed E-state index contributed by atoms with van der Waals surface area (Å²) in [7, 11) is 0. The van der Waals surface area contributed by atoms with Crippen LogP contribution in [0.25, 0.3) is 16.6 Å². The van der Waals surface area contributed by atoms with Crippen LogP contribution in [0.15, 0.2) is 35.3 Å². The molecular formula is C14H11N5O. The predicted molar refractivity (Wildman–Crippen MR) is 75.6 cm³/mol. The van der Waals surface area contributed by atoms with Gasteiger partial charge in [0.2, 0.25) is 0 Å². The number of aromatic amines is 1. The molecule has 0 aliphatic carbocycles. The van der Waals surface area contributed by atoms with E-state index in [0.717, 1.165) is 10.9 Å². The molecule has 6 heteroatoms. The number of nitrogens with zero attached hydrogens (tertiary/aromatic N) is 3. The second kappa shape index (κ2) is 4.24. The van der Waals surface area contributed by atoms with Crippen LogP contribution in [-0.2, 0) is 0 Å². The number of anilines is 1. The number of rotatable bonds is 1. The maximum atomic E-state index is 11.7. The highest BCUT2D eigenvalue weighted by atomic mass is 16.1. The molecule has 98 valence electrons. The van der Waals surface area contributed by atoms with Crippen molar-refractivity contribution < 1.29 is 0 Å². The summed E-state index contributed by atoms with van der Waals surface area (Å²) in [5, 5.41) is 13.9. The lowest BCUT2D eigenvalue weighted by Gasteiger charge is -2.08. The zero-order chi connectivity index (χ0) is 14.3. The number of hydrogen-bond donors (Lipinski definition) is 2. The summed E-state index contributed by atoms with van der Waals surface area (Å²) in [5.74, 6) is 0.223. The minimum atomic E-state index is -0.246. The first-order chi connectivity index (χ1) is 9.60. The maximum absolute atomic E-state index is 11.7. The van der Waals surface area contributed by atoms with Gasteiger partial charge in [0.05, 0.1) is 17.4 Å². The highest BCUT2D eigenvalue weighted by Gasteiger charge is 2.12. The molecule has 2 aromatic heterocycles. The summed E-state index contributed by atoms with van der Waals surface area (Å²) < 4.78 is 1.41. The lowest BCUT2D eigenvalue weighted by Crippen LogP contribution is -2.11. The Bertz CT molecular complexity index is 913. The second-order valence-electron chi connectivity index (χ2n) is 4.53. The minimum absolute atomic E-state index is 0.223. The van der Waals surface area contributed by atoms with Gasteiger partial charge in [-0.25, -0.2) is 4.68 Å². The van der Waals surface area contributed by atoms with Crippen LogP contribution in [0.1, 0.15) is 11.1 Å². The van der Waals surface area contributed by atoms with Crippen LogP contribution < -0.4 is 11.3 Å². The van der Waals surface area contributed by atoms with E-state index < -0.39 is 0 Å². The van der Waals surface area contributed by atoms with E-state index in [-0.39, 0.29) is 16.9 Å². The third-order valence-corrected chi connectivity index (χ3v) is 3.13. The van der Waals surface area contributed by atoms with Crippen LogP contribution >= 0.6 is 0 Å². The van der Waals surface area contributed by atoms with Gasteiger partial charge in [0.15, 0.2) is 0 Å². The molecule has 0 amide bonds. The number of aryl methyl sites for hydroxylation is 1. The molecular weight excluding hydrogens is 254 g/mol. The van der Waals surface area contributed by atoms with Gasteiger partial charge in [-0.3, -0.25) is 4.79 Å².